The first kappa shape index (κ1) is 13.8. The lowest BCUT2D eigenvalue weighted by Crippen LogP contribution is -2.11. The van der Waals surface area contributed by atoms with Crippen molar-refractivity contribution in [3.05, 3.63) is 41.3 Å². The van der Waals surface area contributed by atoms with Crippen LogP contribution in [-0.2, 0) is 7.05 Å². The highest BCUT2D eigenvalue weighted by Crippen LogP contribution is 2.37. The number of hydrogen-bond donors (Lipinski definition) is 1. The summed E-state index contributed by atoms with van der Waals surface area (Å²) in [6, 6.07) is 3.44. The highest BCUT2D eigenvalue weighted by Gasteiger charge is 2.29. The normalized spacial score (nSPS) is 16.0. The second-order valence-electron chi connectivity index (χ2n) is 5.61. The highest BCUT2D eigenvalue weighted by atomic mass is 16.3. The zero-order valence-corrected chi connectivity index (χ0v) is 12.1. The lowest BCUT2D eigenvalue weighted by Gasteiger charge is -2.20. The minimum Gasteiger partial charge on any atom is -0.493 e. The lowest BCUT2D eigenvalue weighted by atomic mass is 9.84. The van der Waals surface area contributed by atoms with Crippen molar-refractivity contribution in [2.45, 2.75) is 38.0 Å². The predicted molar refractivity (Wildman–Crippen MR) is 78.4 cm³/mol. The third-order valence-corrected chi connectivity index (χ3v) is 4.19. The molecular weight excluding hydrogens is 266 g/mol. The van der Waals surface area contributed by atoms with Crippen LogP contribution in [0.25, 0.3) is 0 Å². The molecule has 0 atom stereocenters. The minimum absolute atomic E-state index is 0.0515. The highest BCUT2D eigenvalue weighted by molar-refractivity contribution is 6.11. The molecule has 2 aromatic heterocycles. The van der Waals surface area contributed by atoms with Crippen LogP contribution < -0.4 is 0 Å². The van der Waals surface area contributed by atoms with Crippen molar-refractivity contribution < 1.29 is 9.90 Å². The molecule has 0 radical (unpaired) electrons. The van der Waals surface area contributed by atoms with Crippen molar-refractivity contribution in [2.24, 2.45) is 7.05 Å². The van der Waals surface area contributed by atoms with Gasteiger partial charge in [-0.2, -0.15) is 5.10 Å². The van der Waals surface area contributed by atoms with E-state index in [0.29, 0.717) is 11.1 Å². The number of aromatic nitrogens is 3. The Morgan fingerprint density at radius 1 is 1.33 bits per heavy atom. The first-order chi connectivity index (χ1) is 10.2. The van der Waals surface area contributed by atoms with Crippen LogP contribution in [0.3, 0.4) is 0 Å². The van der Waals surface area contributed by atoms with E-state index < -0.39 is 0 Å². The molecule has 0 spiro atoms. The summed E-state index contributed by atoms with van der Waals surface area (Å²) in [5, 5.41) is 14.6. The van der Waals surface area contributed by atoms with E-state index in [0.717, 1.165) is 31.4 Å². The van der Waals surface area contributed by atoms with Crippen LogP contribution in [0.2, 0.25) is 0 Å². The second-order valence-corrected chi connectivity index (χ2v) is 5.61. The fraction of sp³-hybridized carbons (Fsp3) is 0.438. The van der Waals surface area contributed by atoms with Gasteiger partial charge in [-0.3, -0.25) is 9.78 Å². The van der Waals surface area contributed by atoms with Crippen molar-refractivity contribution >= 4 is 5.78 Å². The molecule has 2 heterocycles. The van der Waals surface area contributed by atoms with E-state index >= 15 is 0 Å². The summed E-state index contributed by atoms with van der Waals surface area (Å²) >= 11 is 0. The maximum absolute atomic E-state index is 12.7. The van der Waals surface area contributed by atoms with E-state index in [4.69, 9.17) is 0 Å². The van der Waals surface area contributed by atoms with E-state index in [1.807, 2.05) is 0 Å². The summed E-state index contributed by atoms with van der Waals surface area (Å²) in [7, 11) is 1.67. The first-order valence-electron chi connectivity index (χ1n) is 7.39. The molecule has 0 aromatic carbocycles. The fourth-order valence-corrected chi connectivity index (χ4v) is 3.06. The Morgan fingerprint density at radius 2 is 2.10 bits per heavy atom. The molecule has 1 saturated carbocycles. The summed E-state index contributed by atoms with van der Waals surface area (Å²) in [4.78, 5) is 16.7. The average molecular weight is 285 g/mol. The zero-order chi connectivity index (χ0) is 14.8. The Labute approximate surface area is 123 Å². The number of aryl methyl sites for hydroxylation is 1. The van der Waals surface area contributed by atoms with Gasteiger partial charge >= 0.3 is 0 Å². The van der Waals surface area contributed by atoms with Gasteiger partial charge in [-0.1, -0.05) is 19.3 Å². The Kier molecular flexibility index (Phi) is 3.73. The number of aromatic hydroxyl groups is 1. The van der Waals surface area contributed by atoms with Crippen LogP contribution >= 0.6 is 0 Å². The van der Waals surface area contributed by atoms with Gasteiger partial charge in [0, 0.05) is 30.9 Å². The number of hydrogen-bond acceptors (Lipinski definition) is 4. The smallest absolute Gasteiger partial charge is 0.220 e. The quantitative estimate of drug-likeness (QED) is 0.880. The zero-order valence-electron chi connectivity index (χ0n) is 12.1. The molecular formula is C16H19N3O2. The molecule has 2 aromatic rings. The van der Waals surface area contributed by atoms with E-state index in [-0.39, 0.29) is 17.6 Å². The molecule has 3 rings (SSSR count). The molecule has 21 heavy (non-hydrogen) atoms. The predicted octanol–water partition coefficient (Wildman–Crippen LogP) is 2.80. The van der Waals surface area contributed by atoms with E-state index in [2.05, 4.69) is 10.1 Å². The Bertz CT molecular complexity index is 643. The van der Waals surface area contributed by atoms with Crippen molar-refractivity contribution in [3.8, 4) is 5.88 Å². The van der Waals surface area contributed by atoms with Crippen LogP contribution in [0.4, 0.5) is 0 Å². The number of rotatable bonds is 3. The molecule has 0 unspecified atom stereocenters. The second kappa shape index (κ2) is 5.68. The molecule has 110 valence electrons. The standard InChI is InChI=1S/C16H19N3O2/c1-19-16(21)13(15(20)12-8-5-9-17-10-12)14(18-19)11-6-3-2-4-7-11/h5,8-11,21H,2-4,6-7H2,1H3. The lowest BCUT2D eigenvalue weighted by molar-refractivity contribution is 0.103. The molecule has 1 aliphatic rings. The summed E-state index contributed by atoms with van der Waals surface area (Å²) < 4.78 is 1.40. The first-order valence-corrected chi connectivity index (χ1v) is 7.39. The maximum atomic E-state index is 12.7. The van der Waals surface area contributed by atoms with Gasteiger partial charge in [-0.05, 0) is 25.0 Å². The average Bonchev–Trinajstić information content (AvgIpc) is 2.84. The molecule has 0 amide bonds. The van der Waals surface area contributed by atoms with Gasteiger partial charge in [0.05, 0.1) is 5.69 Å². The third-order valence-electron chi connectivity index (χ3n) is 4.19. The summed E-state index contributed by atoms with van der Waals surface area (Å²) in [5.74, 6) is 0.0140. The van der Waals surface area contributed by atoms with E-state index in [1.165, 1.54) is 17.3 Å². The van der Waals surface area contributed by atoms with Crippen molar-refractivity contribution in [1.82, 2.24) is 14.8 Å². The van der Waals surface area contributed by atoms with Gasteiger partial charge in [0.1, 0.15) is 5.56 Å². The van der Waals surface area contributed by atoms with Crippen LogP contribution in [0.15, 0.2) is 24.5 Å². The molecule has 0 aliphatic heterocycles. The van der Waals surface area contributed by atoms with Crippen LogP contribution in [0, 0.1) is 0 Å². The van der Waals surface area contributed by atoms with Crippen molar-refractivity contribution in [2.75, 3.05) is 0 Å². The van der Waals surface area contributed by atoms with E-state index in [9.17, 15) is 9.90 Å². The third kappa shape index (κ3) is 2.55. The van der Waals surface area contributed by atoms with Gasteiger partial charge in [-0.25, -0.2) is 4.68 Å². The number of pyridine rings is 1. The molecule has 1 aliphatic carbocycles. The molecule has 5 heteroatoms. The van der Waals surface area contributed by atoms with Gasteiger partial charge in [-0.15, -0.1) is 0 Å². The number of nitrogens with zero attached hydrogens (tertiary/aromatic N) is 3. The Balaban J connectivity index is 2.02. The number of ketones is 1. The van der Waals surface area contributed by atoms with Crippen LogP contribution in [0.1, 0.15) is 59.6 Å². The molecule has 0 bridgehead atoms. The Hall–Kier alpha value is -2.17. The molecule has 5 nitrogen and oxygen atoms in total. The largest absolute Gasteiger partial charge is 0.493 e. The summed E-state index contributed by atoms with van der Waals surface area (Å²) in [6.45, 7) is 0. The maximum Gasteiger partial charge on any atom is 0.220 e. The van der Waals surface area contributed by atoms with Gasteiger partial charge in [0.15, 0.2) is 0 Å². The monoisotopic (exact) mass is 285 g/mol. The van der Waals surface area contributed by atoms with Crippen molar-refractivity contribution in [1.29, 1.82) is 0 Å². The van der Waals surface area contributed by atoms with E-state index in [1.54, 1.807) is 25.4 Å². The summed E-state index contributed by atoms with van der Waals surface area (Å²) in [5.41, 5.74) is 1.57. The summed E-state index contributed by atoms with van der Waals surface area (Å²) in [6.07, 6.45) is 8.77. The van der Waals surface area contributed by atoms with Gasteiger partial charge in [0.2, 0.25) is 11.7 Å². The fourth-order valence-electron chi connectivity index (χ4n) is 3.06. The molecule has 1 fully saturated rings. The van der Waals surface area contributed by atoms with Gasteiger partial charge in [0.25, 0.3) is 0 Å². The Morgan fingerprint density at radius 3 is 2.76 bits per heavy atom. The minimum atomic E-state index is -0.200. The van der Waals surface area contributed by atoms with Crippen molar-refractivity contribution in [3.63, 3.8) is 0 Å². The number of carbonyl (C=O) groups excluding carboxylic acids is 1. The number of carbonyl (C=O) groups is 1. The topological polar surface area (TPSA) is 68.0 Å². The van der Waals surface area contributed by atoms with Crippen LogP contribution in [-0.4, -0.2) is 25.7 Å². The molecule has 1 N–H and O–H groups in total. The SMILES string of the molecule is Cn1nc(C2CCCCC2)c(C(=O)c2cccnc2)c1O. The van der Waals surface area contributed by atoms with Gasteiger partial charge < -0.3 is 5.11 Å². The molecule has 0 saturated heterocycles. The van der Waals surface area contributed by atoms with Crippen LogP contribution in [0.5, 0.6) is 5.88 Å².